The smallest absolute Gasteiger partial charge is 0.250 e. The minimum atomic E-state index is -0.251. The zero-order valence-electron chi connectivity index (χ0n) is 16.7. The molecule has 1 aromatic heterocycles. The third kappa shape index (κ3) is 5.31. The van der Waals surface area contributed by atoms with Crippen LogP contribution in [0.4, 0.5) is 5.13 Å². The van der Waals surface area contributed by atoms with Gasteiger partial charge in [0.2, 0.25) is 5.91 Å². The first kappa shape index (κ1) is 21.1. The van der Waals surface area contributed by atoms with Crippen molar-refractivity contribution >= 4 is 54.6 Å². The molecule has 7 heteroatoms. The Balaban J connectivity index is 1.45. The van der Waals surface area contributed by atoms with E-state index >= 15 is 0 Å². The van der Waals surface area contributed by atoms with Crippen molar-refractivity contribution in [2.75, 3.05) is 12.4 Å². The molecule has 0 aliphatic rings. The van der Waals surface area contributed by atoms with Gasteiger partial charge in [0.1, 0.15) is 6.61 Å². The number of anilines is 1. The van der Waals surface area contributed by atoms with Crippen molar-refractivity contribution in [2.45, 2.75) is 6.61 Å². The van der Waals surface area contributed by atoms with Crippen LogP contribution in [0, 0.1) is 0 Å². The Bertz CT molecular complexity index is 1210. The molecular weight excluding hydrogens is 476 g/mol. The van der Waals surface area contributed by atoms with Gasteiger partial charge in [-0.25, -0.2) is 4.98 Å². The summed E-state index contributed by atoms with van der Waals surface area (Å²) in [6.07, 6.45) is 3.19. The van der Waals surface area contributed by atoms with E-state index in [2.05, 4.69) is 26.2 Å². The van der Waals surface area contributed by atoms with E-state index in [9.17, 15) is 4.79 Å². The molecule has 1 heterocycles. The first-order chi connectivity index (χ1) is 15.1. The average Bonchev–Trinajstić information content (AvgIpc) is 3.19. The number of halogens is 1. The van der Waals surface area contributed by atoms with Crippen molar-refractivity contribution in [3.8, 4) is 11.5 Å². The number of para-hydroxylation sites is 1. The molecule has 4 aromatic rings. The molecule has 0 saturated heterocycles. The monoisotopic (exact) mass is 494 g/mol. The summed E-state index contributed by atoms with van der Waals surface area (Å²) in [5.41, 5.74) is 2.73. The first-order valence-corrected chi connectivity index (χ1v) is 11.1. The van der Waals surface area contributed by atoms with E-state index in [0.29, 0.717) is 23.2 Å². The lowest BCUT2D eigenvalue weighted by atomic mass is 10.2. The predicted octanol–water partition coefficient (Wildman–Crippen LogP) is 6.30. The van der Waals surface area contributed by atoms with Gasteiger partial charge in [-0.1, -0.05) is 53.8 Å². The van der Waals surface area contributed by atoms with Crippen LogP contribution in [0.5, 0.6) is 11.5 Å². The molecule has 3 aromatic carbocycles. The molecule has 0 saturated carbocycles. The molecule has 1 amide bonds. The van der Waals surface area contributed by atoms with Crippen LogP contribution in [-0.4, -0.2) is 18.0 Å². The zero-order chi connectivity index (χ0) is 21.6. The van der Waals surface area contributed by atoms with E-state index in [-0.39, 0.29) is 5.91 Å². The molecule has 156 valence electrons. The fourth-order valence-electron chi connectivity index (χ4n) is 2.95. The molecule has 0 bridgehead atoms. The van der Waals surface area contributed by atoms with Gasteiger partial charge in [-0.05, 0) is 57.4 Å². The Hall–Kier alpha value is -3.16. The SMILES string of the molecule is COc1cc(/C=C/C(=O)Nc2nc3ccccc3s2)cc(Br)c1OCc1ccccc1. The molecular formula is C24H19BrN2O3S. The number of methoxy groups -OCH3 is 1. The summed E-state index contributed by atoms with van der Waals surface area (Å²) in [6.45, 7) is 0.426. The van der Waals surface area contributed by atoms with Crippen LogP contribution < -0.4 is 14.8 Å². The highest BCUT2D eigenvalue weighted by atomic mass is 79.9. The maximum absolute atomic E-state index is 12.3. The van der Waals surface area contributed by atoms with E-state index in [4.69, 9.17) is 9.47 Å². The van der Waals surface area contributed by atoms with Crippen molar-refractivity contribution in [3.05, 3.63) is 88.4 Å². The van der Waals surface area contributed by atoms with Gasteiger partial charge in [0, 0.05) is 6.08 Å². The number of carbonyl (C=O) groups excluding carboxylic acids is 1. The lowest BCUT2D eigenvalue weighted by Gasteiger charge is -2.13. The highest BCUT2D eigenvalue weighted by Crippen LogP contribution is 2.37. The quantitative estimate of drug-likeness (QED) is 0.306. The molecule has 0 radical (unpaired) electrons. The van der Waals surface area contributed by atoms with E-state index < -0.39 is 0 Å². The highest BCUT2D eigenvalue weighted by molar-refractivity contribution is 9.10. The standard InChI is InChI=1S/C24H19BrN2O3S/c1-29-20-14-17(13-18(25)23(20)30-15-16-7-3-2-4-8-16)11-12-22(28)27-24-26-19-9-5-6-10-21(19)31-24/h2-14H,15H2,1H3,(H,26,27,28)/b12-11+. The van der Waals surface area contributed by atoms with Crippen LogP contribution in [0.3, 0.4) is 0 Å². The first-order valence-electron chi connectivity index (χ1n) is 9.51. The average molecular weight is 495 g/mol. The Kier molecular flexibility index (Phi) is 6.64. The Labute approximate surface area is 192 Å². The molecule has 31 heavy (non-hydrogen) atoms. The third-order valence-electron chi connectivity index (χ3n) is 4.43. The Morgan fingerprint density at radius 1 is 1.13 bits per heavy atom. The molecule has 0 spiro atoms. The fraction of sp³-hybridized carbons (Fsp3) is 0.0833. The molecule has 0 aliphatic heterocycles. The zero-order valence-corrected chi connectivity index (χ0v) is 19.1. The van der Waals surface area contributed by atoms with Gasteiger partial charge in [0.25, 0.3) is 0 Å². The van der Waals surface area contributed by atoms with Gasteiger partial charge in [-0.2, -0.15) is 0 Å². The summed E-state index contributed by atoms with van der Waals surface area (Å²) in [7, 11) is 1.59. The number of fused-ring (bicyclic) bond motifs is 1. The second kappa shape index (κ2) is 9.76. The number of benzene rings is 3. The molecule has 0 fully saturated rings. The maximum Gasteiger partial charge on any atom is 0.250 e. The van der Waals surface area contributed by atoms with Gasteiger partial charge >= 0.3 is 0 Å². The van der Waals surface area contributed by atoms with Gasteiger partial charge < -0.3 is 9.47 Å². The van der Waals surface area contributed by atoms with Crippen molar-refractivity contribution in [2.24, 2.45) is 0 Å². The highest BCUT2D eigenvalue weighted by Gasteiger charge is 2.12. The second-order valence-electron chi connectivity index (χ2n) is 6.62. The lowest BCUT2D eigenvalue weighted by Crippen LogP contribution is -2.07. The number of carbonyl (C=O) groups is 1. The molecule has 0 atom stereocenters. The molecule has 5 nitrogen and oxygen atoms in total. The normalized spacial score (nSPS) is 11.0. The number of ether oxygens (including phenoxy) is 2. The molecule has 4 rings (SSSR count). The molecule has 0 unspecified atom stereocenters. The third-order valence-corrected chi connectivity index (χ3v) is 5.97. The van der Waals surface area contributed by atoms with E-state index in [0.717, 1.165) is 25.8 Å². The van der Waals surface area contributed by atoms with E-state index in [1.165, 1.54) is 17.4 Å². The van der Waals surface area contributed by atoms with Crippen molar-refractivity contribution in [1.29, 1.82) is 0 Å². The van der Waals surface area contributed by atoms with Crippen molar-refractivity contribution < 1.29 is 14.3 Å². The predicted molar refractivity (Wildman–Crippen MR) is 129 cm³/mol. The van der Waals surface area contributed by atoms with Gasteiger partial charge in [0.05, 0.1) is 21.8 Å². The Morgan fingerprint density at radius 2 is 1.90 bits per heavy atom. The number of hydrogen-bond acceptors (Lipinski definition) is 5. The van der Waals surface area contributed by atoms with Crippen LogP contribution in [0.15, 0.2) is 77.3 Å². The summed E-state index contributed by atoms with van der Waals surface area (Å²) in [4.78, 5) is 16.7. The fourth-order valence-corrected chi connectivity index (χ4v) is 4.39. The number of thiazole rings is 1. The van der Waals surface area contributed by atoms with Crippen molar-refractivity contribution in [1.82, 2.24) is 4.98 Å². The number of nitrogens with one attached hydrogen (secondary N) is 1. The van der Waals surface area contributed by atoms with Gasteiger partial charge in [-0.3, -0.25) is 10.1 Å². The van der Waals surface area contributed by atoms with Crippen LogP contribution in [0.2, 0.25) is 0 Å². The second-order valence-corrected chi connectivity index (χ2v) is 8.50. The van der Waals surface area contributed by atoms with E-state index in [1.54, 1.807) is 13.2 Å². The summed E-state index contributed by atoms with van der Waals surface area (Å²) in [5.74, 6) is 0.942. The lowest BCUT2D eigenvalue weighted by molar-refractivity contribution is -0.111. The minimum absolute atomic E-state index is 0.251. The van der Waals surface area contributed by atoms with Gasteiger partial charge in [0.15, 0.2) is 16.6 Å². The van der Waals surface area contributed by atoms with Gasteiger partial charge in [-0.15, -0.1) is 0 Å². The summed E-state index contributed by atoms with van der Waals surface area (Å²) in [5, 5.41) is 3.38. The number of aromatic nitrogens is 1. The number of hydrogen-bond donors (Lipinski definition) is 1. The largest absolute Gasteiger partial charge is 0.493 e. The van der Waals surface area contributed by atoms with Crippen LogP contribution >= 0.6 is 27.3 Å². The maximum atomic E-state index is 12.3. The van der Waals surface area contributed by atoms with E-state index in [1.807, 2.05) is 66.7 Å². The summed E-state index contributed by atoms with van der Waals surface area (Å²) < 4.78 is 13.2. The molecule has 0 aliphatic carbocycles. The number of nitrogens with zero attached hydrogens (tertiary/aromatic N) is 1. The summed E-state index contributed by atoms with van der Waals surface area (Å²) >= 11 is 4.99. The number of amides is 1. The molecule has 1 N–H and O–H groups in total. The van der Waals surface area contributed by atoms with Crippen LogP contribution in [0.1, 0.15) is 11.1 Å². The Morgan fingerprint density at radius 3 is 2.68 bits per heavy atom. The van der Waals surface area contributed by atoms with Crippen LogP contribution in [-0.2, 0) is 11.4 Å². The summed E-state index contributed by atoms with van der Waals surface area (Å²) in [6, 6.07) is 21.4. The topological polar surface area (TPSA) is 60.5 Å². The van der Waals surface area contributed by atoms with Crippen LogP contribution in [0.25, 0.3) is 16.3 Å². The van der Waals surface area contributed by atoms with Crippen molar-refractivity contribution in [3.63, 3.8) is 0 Å². The minimum Gasteiger partial charge on any atom is -0.493 e. The number of rotatable bonds is 7.